The van der Waals surface area contributed by atoms with Crippen LogP contribution in [0.5, 0.6) is 0 Å². The Kier molecular flexibility index (Phi) is 6.58. The monoisotopic (exact) mass is 291 g/mol. The van der Waals surface area contributed by atoms with E-state index in [1.54, 1.807) is 0 Å². The van der Waals surface area contributed by atoms with Crippen molar-refractivity contribution in [1.29, 1.82) is 0 Å². The van der Waals surface area contributed by atoms with Crippen LogP contribution in [0, 0.1) is 12.8 Å². The number of hydrogen-bond donors (Lipinski definition) is 1. The molecule has 0 saturated heterocycles. The van der Waals surface area contributed by atoms with E-state index in [9.17, 15) is 0 Å². The van der Waals surface area contributed by atoms with Gasteiger partial charge in [0.05, 0.1) is 0 Å². The van der Waals surface area contributed by atoms with E-state index >= 15 is 0 Å². The average molecular weight is 291 g/mol. The van der Waals surface area contributed by atoms with Crippen molar-refractivity contribution in [1.82, 2.24) is 15.3 Å². The Balaban J connectivity index is 1.97. The third-order valence-corrected chi connectivity index (χ3v) is 4.07. The normalized spacial score (nSPS) is 17.8. The molecule has 1 aliphatic rings. The van der Waals surface area contributed by atoms with Crippen molar-refractivity contribution in [2.24, 2.45) is 5.92 Å². The third-order valence-electron chi connectivity index (χ3n) is 4.07. The molecule has 0 aromatic carbocycles. The maximum atomic E-state index is 5.57. The molecule has 0 aliphatic heterocycles. The molecule has 0 radical (unpaired) electrons. The highest BCUT2D eigenvalue weighted by molar-refractivity contribution is 5.28. The van der Waals surface area contributed by atoms with E-state index in [1.807, 2.05) is 0 Å². The van der Waals surface area contributed by atoms with Gasteiger partial charge in [0.2, 0.25) is 0 Å². The highest BCUT2D eigenvalue weighted by atomic mass is 16.5. The molecular formula is C17H29N3O. The molecule has 118 valence electrons. The SMILES string of the molecule is CCCNCC1CCc2nc(COCCC)nc(C)c2C1. The smallest absolute Gasteiger partial charge is 0.154 e. The van der Waals surface area contributed by atoms with E-state index < -0.39 is 0 Å². The number of aromatic nitrogens is 2. The summed E-state index contributed by atoms with van der Waals surface area (Å²) in [4.78, 5) is 9.35. The summed E-state index contributed by atoms with van der Waals surface area (Å²) in [7, 11) is 0. The number of ether oxygens (including phenoxy) is 1. The zero-order valence-electron chi connectivity index (χ0n) is 13.7. The molecule has 1 atom stereocenters. The minimum absolute atomic E-state index is 0.545. The van der Waals surface area contributed by atoms with Crippen LogP contribution >= 0.6 is 0 Å². The molecule has 1 aromatic rings. The molecule has 21 heavy (non-hydrogen) atoms. The fourth-order valence-corrected chi connectivity index (χ4v) is 2.95. The lowest BCUT2D eigenvalue weighted by molar-refractivity contribution is 0.115. The van der Waals surface area contributed by atoms with Gasteiger partial charge in [-0.15, -0.1) is 0 Å². The van der Waals surface area contributed by atoms with Crippen molar-refractivity contribution in [3.05, 3.63) is 22.8 Å². The summed E-state index contributed by atoms with van der Waals surface area (Å²) in [5, 5.41) is 3.54. The van der Waals surface area contributed by atoms with Gasteiger partial charge in [-0.25, -0.2) is 9.97 Å². The van der Waals surface area contributed by atoms with Gasteiger partial charge >= 0.3 is 0 Å². The van der Waals surface area contributed by atoms with E-state index in [4.69, 9.17) is 9.72 Å². The summed E-state index contributed by atoms with van der Waals surface area (Å²) in [6.45, 7) is 10.0. The first-order chi connectivity index (χ1) is 10.2. The van der Waals surface area contributed by atoms with Crippen LogP contribution in [0.3, 0.4) is 0 Å². The summed E-state index contributed by atoms with van der Waals surface area (Å²) in [5.41, 5.74) is 3.78. The summed E-state index contributed by atoms with van der Waals surface area (Å²) in [6, 6.07) is 0. The fraction of sp³-hybridized carbons (Fsp3) is 0.765. The quantitative estimate of drug-likeness (QED) is 0.748. The van der Waals surface area contributed by atoms with Crippen molar-refractivity contribution >= 4 is 0 Å². The molecule has 2 rings (SSSR count). The number of nitrogens with zero attached hydrogens (tertiary/aromatic N) is 2. The number of aryl methyl sites for hydroxylation is 2. The third kappa shape index (κ3) is 4.75. The summed E-state index contributed by atoms with van der Waals surface area (Å²) in [6.07, 6.45) is 5.67. The van der Waals surface area contributed by atoms with E-state index in [0.717, 1.165) is 56.4 Å². The maximum absolute atomic E-state index is 5.57. The van der Waals surface area contributed by atoms with E-state index in [-0.39, 0.29) is 0 Å². The van der Waals surface area contributed by atoms with Crippen LogP contribution in [-0.4, -0.2) is 29.7 Å². The highest BCUT2D eigenvalue weighted by Gasteiger charge is 2.22. The average Bonchev–Trinajstić information content (AvgIpc) is 2.48. The van der Waals surface area contributed by atoms with Gasteiger partial charge in [-0.2, -0.15) is 0 Å². The molecule has 0 bridgehead atoms. The Morgan fingerprint density at radius 3 is 2.86 bits per heavy atom. The molecule has 1 aromatic heterocycles. The van der Waals surface area contributed by atoms with Crippen LogP contribution in [0.2, 0.25) is 0 Å². The second-order valence-corrected chi connectivity index (χ2v) is 6.02. The molecule has 1 N–H and O–H groups in total. The van der Waals surface area contributed by atoms with Crippen LogP contribution in [0.4, 0.5) is 0 Å². The topological polar surface area (TPSA) is 47.0 Å². The minimum Gasteiger partial charge on any atom is -0.373 e. The Hall–Kier alpha value is -1.00. The molecule has 0 saturated carbocycles. The van der Waals surface area contributed by atoms with Crippen LogP contribution in [-0.2, 0) is 24.2 Å². The van der Waals surface area contributed by atoms with Crippen molar-refractivity contribution in [2.75, 3.05) is 19.7 Å². The second kappa shape index (κ2) is 8.44. The molecule has 0 spiro atoms. The Morgan fingerprint density at radius 1 is 1.24 bits per heavy atom. The van der Waals surface area contributed by atoms with E-state index in [0.29, 0.717) is 6.61 Å². The van der Waals surface area contributed by atoms with Gasteiger partial charge in [0.1, 0.15) is 6.61 Å². The number of hydrogen-bond acceptors (Lipinski definition) is 4. The number of rotatable bonds is 8. The predicted octanol–water partition coefficient (Wildman–Crippen LogP) is 2.82. The fourth-order valence-electron chi connectivity index (χ4n) is 2.95. The number of fused-ring (bicyclic) bond motifs is 1. The lowest BCUT2D eigenvalue weighted by Gasteiger charge is -2.25. The zero-order valence-corrected chi connectivity index (χ0v) is 13.7. The molecule has 4 heteroatoms. The van der Waals surface area contributed by atoms with Gasteiger partial charge in [-0.1, -0.05) is 13.8 Å². The van der Waals surface area contributed by atoms with Crippen LogP contribution in [0.1, 0.15) is 55.9 Å². The molecular weight excluding hydrogens is 262 g/mol. The molecule has 1 aliphatic carbocycles. The Labute approximate surface area is 128 Å². The Morgan fingerprint density at radius 2 is 2.10 bits per heavy atom. The van der Waals surface area contributed by atoms with Gasteiger partial charge in [0.25, 0.3) is 0 Å². The van der Waals surface area contributed by atoms with Crippen LogP contribution in [0.15, 0.2) is 0 Å². The van der Waals surface area contributed by atoms with E-state index in [2.05, 4.69) is 31.1 Å². The second-order valence-electron chi connectivity index (χ2n) is 6.02. The first kappa shape index (κ1) is 16.4. The molecule has 0 amide bonds. The van der Waals surface area contributed by atoms with Gasteiger partial charge in [0.15, 0.2) is 5.82 Å². The predicted molar refractivity (Wildman–Crippen MR) is 85.4 cm³/mol. The van der Waals surface area contributed by atoms with Crippen LogP contribution in [0.25, 0.3) is 0 Å². The first-order valence-electron chi connectivity index (χ1n) is 8.38. The van der Waals surface area contributed by atoms with Gasteiger partial charge < -0.3 is 10.1 Å². The molecule has 0 fully saturated rings. The zero-order chi connectivity index (χ0) is 15.1. The van der Waals surface area contributed by atoms with Crippen molar-refractivity contribution in [3.63, 3.8) is 0 Å². The highest BCUT2D eigenvalue weighted by Crippen LogP contribution is 2.26. The number of nitrogens with one attached hydrogen (secondary N) is 1. The summed E-state index contributed by atoms with van der Waals surface area (Å²) in [5.74, 6) is 1.58. The molecule has 1 heterocycles. The van der Waals surface area contributed by atoms with Crippen molar-refractivity contribution in [2.45, 2.75) is 59.5 Å². The van der Waals surface area contributed by atoms with E-state index in [1.165, 1.54) is 24.1 Å². The standard InChI is InChI=1S/C17H29N3O/c1-4-8-18-11-14-6-7-16-15(10-14)13(3)19-17(20-16)12-21-9-5-2/h14,18H,4-12H2,1-3H3. The van der Waals surface area contributed by atoms with Crippen molar-refractivity contribution in [3.8, 4) is 0 Å². The summed E-state index contributed by atoms with van der Waals surface area (Å²) < 4.78 is 5.57. The van der Waals surface area contributed by atoms with Gasteiger partial charge in [-0.3, -0.25) is 0 Å². The summed E-state index contributed by atoms with van der Waals surface area (Å²) >= 11 is 0. The first-order valence-corrected chi connectivity index (χ1v) is 8.38. The lowest BCUT2D eigenvalue weighted by Crippen LogP contribution is -2.29. The van der Waals surface area contributed by atoms with Crippen molar-refractivity contribution < 1.29 is 4.74 Å². The largest absolute Gasteiger partial charge is 0.373 e. The van der Waals surface area contributed by atoms with Crippen LogP contribution < -0.4 is 5.32 Å². The molecule has 4 nitrogen and oxygen atoms in total. The maximum Gasteiger partial charge on any atom is 0.154 e. The van der Waals surface area contributed by atoms with Gasteiger partial charge in [-0.05, 0) is 63.6 Å². The minimum atomic E-state index is 0.545. The van der Waals surface area contributed by atoms with Gasteiger partial charge in [0, 0.05) is 18.0 Å². The molecule has 1 unspecified atom stereocenters. The Bertz CT molecular complexity index is 448. The lowest BCUT2D eigenvalue weighted by atomic mass is 9.85.